The molecule has 25 heavy (non-hydrogen) atoms. The molecule has 1 amide bonds. The second kappa shape index (κ2) is 7.94. The second-order valence-corrected chi connectivity index (χ2v) is 6.80. The van der Waals surface area contributed by atoms with Gasteiger partial charge in [-0.05, 0) is 49.6 Å². The first-order chi connectivity index (χ1) is 12.1. The number of carbonyl (C=O) groups excluding carboxylic acids is 1. The van der Waals surface area contributed by atoms with Crippen molar-refractivity contribution in [3.05, 3.63) is 76.6 Å². The molecule has 1 atom stereocenters. The van der Waals surface area contributed by atoms with Crippen molar-refractivity contribution in [1.29, 1.82) is 0 Å². The predicted molar refractivity (Wildman–Crippen MR) is 101 cm³/mol. The summed E-state index contributed by atoms with van der Waals surface area (Å²) in [6, 6.07) is 17.2. The van der Waals surface area contributed by atoms with Crippen LogP contribution in [0.3, 0.4) is 0 Å². The van der Waals surface area contributed by atoms with Gasteiger partial charge >= 0.3 is 0 Å². The van der Waals surface area contributed by atoms with Crippen molar-refractivity contribution < 1.29 is 9.53 Å². The summed E-state index contributed by atoms with van der Waals surface area (Å²) < 4.78 is 5.84. The maximum absolute atomic E-state index is 13.0. The van der Waals surface area contributed by atoms with E-state index in [-0.39, 0.29) is 5.91 Å². The fourth-order valence-electron chi connectivity index (χ4n) is 2.43. The van der Waals surface area contributed by atoms with Crippen LogP contribution in [0.2, 0.25) is 0 Å². The first-order valence-corrected chi connectivity index (χ1v) is 8.99. The number of hydrogen-bond donors (Lipinski definition) is 0. The topological polar surface area (TPSA) is 42.4 Å². The molecule has 0 aliphatic carbocycles. The Balaban J connectivity index is 1.79. The molecule has 0 radical (unpaired) electrons. The van der Waals surface area contributed by atoms with Crippen LogP contribution in [0.4, 0.5) is 5.82 Å². The fraction of sp³-hybridized carbons (Fsp3) is 0.200. The maximum atomic E-state index is 13.0. The molecule has 1 aromatic carbocycles. The van der Waals surface area contributed by atoms with Crippen LogP contribution < -0.4 is 9.64 Å². The van der Waals surface area contributed by atoms with Crippen molar-refractivity contribution >= 4 is 23.1 Å². The van der Waals surface area contributed by atoms with Crippen molar-refractivity contribution in [2.75, 3.05) is 4.90 Å². The molecule has 0 aliphatic rings. The Morgan fingerprint density at radius 3 is 2.60 bits per heavy atom. The minimum absolute atomic E-state index is 0.118. The maximum Gasteiger partial charge on any atom is 0.269 e. The summed E-state index contributed by atoms with van der Waals surface area (Å²) in [4.78, 5) is 20.1. The number of hydrogen-bond acceptors (Lipinski definition) is 4. The molecule has 5 heteroatoms. The molecule has 0 N–H and O–H groups in total. The van der Waals surface area contributed by atoms with E-state index < -0.39 is 6.10 Å². The molecule has 3 aromatic rings. The van der Waals surface area contributed by atoms with E-state index in [0.717, 1.165) is 10.4 Å². The highest BCUT2D eigenvalue weighted by Crippen LogP contribution is 2.20. The zero-order valence-electron chi connectivity index (χ0n) is 14.3. The predicted octanol–water partition coefficient (Wildman–Crippen LogP) is 4.45. The molecule has 1 unspecified atom stereocenters. The molecule has 2 aromatic heterocycles. The molecule has 2 heterocycles. The van der Waals surface area contributed by atoms with Gasteiger partial charge in [0.25, 0.3) is 5.91 Å². The normalized spacial score (nSPS) is 11.8. The van der Waals surface area contributed by atoms with Gasteiger partial charge in [-0.25, -0.2) is 4.98 Å². The largest absolute Gasteiger partial charge is 0.481 e. The van der Waals surface area contributed by atoms with Gasteiger partial charge in [-0.2, -0.15) is 0 Å². The number of amides is 1. The lowest BCUT2D eigenvalue weighted by atomic mass is 10.2. The molecule has 3 rings (SSSR count). The number of thiophene rings is 1. The number of carbonyl (C=O) groups is 1. The highest BCUT2D eigenvalue weighted by atomic mass is 32.1. The summed E-state index contributed by atoms with van der Waals surface area (Å²) in [5, 5.41) is 2.00. The number of aryl methyl sites for hydroxylation is 1. The Morgan fingerprint density at radius 1 is 1.16 bits per heavy atom. The number of rotatable bonds is 6. The van der Waals surface area contributed by atoms with Gasteiger partial charge in [0.2, 0.25) is 0 Å². The van der Waals surface area contributed by atoms with Crippen LogP contribution >= 0.6 is 11.3 Å². The Morgan fingerprint density at radius 2 is 1.96 bits per heavy atom. The standard InChI is InChI=1S/C20H20N2O2S/c1-15-8-10-17(11-9-15)24-16(2)20(23)22(14-18-6-5-13-25-18)19-7-3-4-12-21-19/h3-13,16H,14H2,1-2H3. The van der Waals surface area contributed by atoms with E-state index in [0.29, 0.717) is 18.1 Å². The monoisotopic (exact) mass is 352 g/mol. The Labute approximate surface area is 151 Å². The molecule has 0 spiro atoms. The molecular weight excluding hydrogens is 332 g/mol. The molecule has 128 valence electrons. The van der Waals surface area contributed by atoms with E-state index in [1.807, 2.05) is 66.9 Å². The van der Waals surface area contributed by atoms with Gasteiger partial charge in [0.1, 0.15) is 11.6 Å². The van der Waals surface area contributed by atoms with E-state index in [1.165, 1.54) is 0 Å². The van der Waals surface area contributed by atoms with E-state index in [9.17, 15) is 4.79 Å². The van der Waals surface area contributed by atoms with Gasteiger partial charge in [0.05, 0.1) is 6.54 Å². The zero-order chi connectivity index (χ0) is 17.6. The third kappa shape index (κ3) is 4.45. The number of nitrogens with zero attached hydrogens (tertiary/aromatic N) is 2. The smallest absolute Gasteiger partial charge is 0.269 e. The van der Waals surface area contributed by atoms with Gasteiger partial charge in [-0.1, -0.05) is 29.8 Å². The third-order valence-electron chi connectivity index (χ3n) is 3.77. The van der Waals surface area contributed by atoms with E-state index >= 15 is 0 Å². The van der Waals surface area contributed by atoms with Crippen LogP contribution in [0.5, 0.6) is 5.75 Å². The SMILES string of the molecule is Cc1ccc(OC(C)C(=O)N(Cc2cccs2)c2ccccn2)cc1. The lowest BCUT2D eigenvalue weighted by Crippen LogP contribution is -2.40. The molecular formula is C20H20N2O2S. The second-order valence-electron chi connectivity index (χ2n) is 5.76. The summed E-state index contributed by atoms with van der Waals surface area (Å²) in [5.74, 6) is 1.19. The average molecular weight is 352 g/mol. The van der Waals surface area contributed by atoms with Crippen LogP contribution in [0, 0.1) is 6.92 Å². The molecule has 0 aliphatic heterocycles. The molecule has 0 fully saturated rings. The molecule has 4 nitrogen and oxygen atoms in total. The van der Waals surface area contributed by atoms with Gasteiger partial charge in [-0.3, -0.25) is 9.69 Å². The van der Waals surface area contributed by atoms with Gasteiger partial charge in [0, 0.05) is 11.1 Å². The van der Waals surface area contributed by atoms with Crippen molar-refractivity contribution in [1.82, 2.24) is 4.98 Å². The first-order valence-electron chi connectivity index (χ1n) is 8.11. The van der Waals surface area contributed by atoms with Crippen molar-refractivity contribution in [2.24, 2.45) is 0 Å². The number of benzene rings is 1. The number of pyridine rings is 1. The Kier molecular flexibility index (Phi) is 5.46. The molecule has 0 saturated carbocycles. The van der Waals surface area contributed by atoms with Crippen LogP contribution in [0.1, 0.15) is 17.4 Å². The average Bonchev–Trinajstić information content (AvgIpc) is 3.15. The summed E-state index contributed by atoms with van der Waals surface area (Å²) in [7, 11) is 0. The van der Waals surface area contributed by atoms with E-state index in [1.54, 1.807) is 29.4 Å². The Hall–Kier alpha value is -2.66. The lowest BCUT2D eigenvalue weighted by Gasteiger charge is -2.25. The van der Waals surface area contributed by atoms with Crippen LogP contribution in [0.25, 0.3) is 0 Å². The van der Waals surface area contributed by atoms with Gasteiger partial charge in [0.15, 0.2) is 6.10 Å². The minimum Gasteiger partial charge on any atom is -0.481 e. The van der Waals surface area contributed by atoms with E-state index in [4.69, 9.17) is 4.74 Å². The molecule has 0 saturated heterocycles. The highest BCUT2D eigenvalue weighted by Gasteiger charge is 2.24. The number of aromatic nitrogens is 1. The summed E-state index contributed by atoms with van der Waals surface area (Å²) in [6.45, 7) is 4.27. The summed E-state index contributed by atoms with van der Waals surface area (Å²) in [6.07, 6.45) is 1.08. The van der Waals surface area contributed by atoms with Crippen molar-refractivity contribution in [3.8, 4) is 5.75 Å². The summed E-state index contributed by atoms with van der Waals surface area (Å²) in [5.41, 5.74) is 1.15. The summed E-state index contributed by atoms with van der Waals surface area (Å²) >= 11 is 1.62. The molecule has 0 bridgehead atoms. The zero-order valence-corrected chi connectivity index (χ0v) is 15.1. The van der Waals surface area contributed by atoms with Crippen molar-refractivity contribution in [3.63, 3.8) is 0 Å². The minimum atomic E-state index is -0.607. The first kappa shape index (κ1) is 17.2. The quantitative estimate of drug-likeness (QED) is 0.658. The van der Waals surface area contributed by atoms with Gasteiger partial charge in [-0.15, -0.1) is 11.3 Å². The van der Waals surface area contributed by atoms with Crippen LogP contribution in [-0.2, 0) is 11.3 Å². The number of ether oxygens (including phenoxy) is 1. The van der Waals surface area contributed by atoms with Crippen molar-refractivity contribution in [2.45, 2.75) is 26.5 Å². The van der Waals surface area contributed by atoms with Gasteiger partial charge < -0.3 is 4.74 Å². The fourth-order valence-corrected chi connectivity index (χ4v) is 3.13. The lowest BCUT2D eigenvalue weighted by molar-refractivity contribution is -0.124. The number of anilines is 1. The third-order valence-corrected chi connectivity index (χ3v) is 4.63. The highest BCUT2D eigenvalue weighted by molar-refractivity contribution is 7.09. The van der Waals surface area contributed by atoms with E-state index in [2.05, 4.69) is 4.98 Å². The van der Waals surface area contributed by atoms with Crippen LogP contribution in [-0.4, -0.2) is 17.0 Å². The Bertz CT molecular complexity index is 801. The van der Waals surface area contributed by atoms with Crippen LogP contribution in [0.15, 0.2) is 66.2 Å².